The molecule has 55 heavy (non-hydrogen) atoms. The predicted octanol–water partition coefficient (Wildman–Crippen LogP) is 3.07. The molecular weight excluding hydrogens is 938 g/mol. The molecule has 0 fully saturated rings. The Morgan fingerprint density at radius 2 is 0.927 bits per heavy atom. The molecule has 0 saturated heterocycles. The van der Waals surface area contributed by atoms with Gasteiger partial charge in [0.2, 0.25) is 0 Å². The van der Waals surface area contributed by atoms with Crippen LogP contribution in [0.4, 0.5) is 11.4 Å². The van der Waals surface area contributed by atoms with Crippen molar-refractivity contribution in [1.29, 1.82) is 0 Å². The molecule has 0 radical (unpaired) electrons. The summed E-state index contributed by atoms with van der Waals surface area (Å²) in [7, 11) is -9.78. The van der Waals surface area contributed by atoms with Gasteiger partial charge in [-0.3, -0.25) is 29.8 Å². The van der Waals surface area contributed by atoms with Crippen LogP contribution in [0.15, 0.2) is 107 Å². The Labute approximate surface area is 361 Å². The molecule has 0 spiro atoms. The van der Waals surface area contributed by atoms with Crippen LogP contribution < -0.4 is 17.8 Å². The second-order valence-corrected chi connectivity index (χ2v) is 14.1. The average Bonchev–Trinajstić information content (AvgIpc) is 3.09. The summed E-state index contributed by atoms with van der Waals surface area (Å²) < 4.78 is 76.9. The number of nitrogens with one attached hydrogen (secondary N) is 2. The van der Waals surface area contributed by atoms with Crippen LogP contribution in [0.2, 0.25) is 0 Å². The molecule has 0 unspecified atom stereocenters. The summed E-state index contributed by atoms with van der Waals surface area (Å²) in [5.74, 6) is -2.74. The zero-order valence-electron chi connectivity index (χ0n) is 27.7. The fourth-order valence-corrected chi connectivity index (χ4v) is 6.47. The Bertz CT molecular complexity index is 2020. The summed E-state index contributed by atoms with van der Waals surface area (Å²) in [4.78, 5) is 44.3. The molecule has 0 aliphatic rings. The number of benzene rings is 4. The van der Waals surface area contributed by atoms with E-state index >= 15 is 0 Å². The van der Waals surface area contributed by atoms with Crippen molar-refractivity contribution in [2.45, 2.75) is 34.7 Å². The normalized spacial score (nSPS) is 12.1. The van der Waals surface area contributed by atoms with E-state index in [2.05, 4.69) is 17.8 Å². The quantitative estimate of drug-likeness (QED) is 0.0278. The summed E-state index contributed by atoms with van der Waals surface area (Å²) in [5, 5.41) is 40.7. The SMILES string of the molecule is O=C(O)[C@H](Cc1ccc(OS(=O)(=O)[O-])cc1)NSc1ccccc1[N+](=O)[O-].O=C(O)[C@H](Cc1ccc(OS(=O)(=O)[O-])cc1)NSc1ccccc1[N+](=O)[O-].[Ba+2]. The van der Waals surface area contributed by atoms with E-state index in [1.807, 2.05) is 0 Å². The topological polar surface area (TPSA) is 318 Å². The van der Waals surface area contributed by atoms with Crippen molar-refractivity contribution in [3.63, 3.8) is 0 Å². The zero-order chi connectivity index (χ0) is 40.1. The van der Waals surface area contributed by atoms with Crippen LogP contribution in [0, 0.1) is 20.2 Å². The van der Waals surface area contributed by atoms with Crippen molar-refractivity contribution in [1.82, 2.24) is 9.44 Å². The van der Waals surface area contributed by atoms with Gasteiger partial charge in [0.15, 0.2) is 0 Å². The fraction of sp³-hybridized carbons (Fsp3) is 0.133. The number of carbonyl (C=O) groups is 2. The van der Waals surface area contributed by atoms with Gasteiger partial charge in [-0.2, -0.15) is 0 Å². The van der Waals surface area contributed by atoms with Crippen molar-refractivity contribution >= 4 is 117 Å². The summed E-state index contributed by atoms with van der Waals surface area (Å²) in [6.45, 7) is 0. The number of hydrogen-bond donors (Lipinski definition) is 4. The van der Waals surface area contributed by atoms with Gasteiger partial charge in [-0.05, 0) is 84.3 Å². The van der Waals surface area contributed by atoms with Crippen molar-refractivity contribution in [2.75, 3.05) is 0 Å². The Hall–Kier alpha value is -3.77. The van der Waals surface area contributed by atoms with Crippen molar-refractivity contribution in [3.05, 3.63) is 128 Å². The van der Waals surface area contributed by atoms with Crippen LogP contribution >= 0.6 is 23.9 Å². The molecule has 0 heterocycles. The number of nitro groups is 2. The minimum absolute atomic E-state index is 0. The van der Waals surface area contributed by atoms with Crippen LogP contribution in [0.25, 0.3) is 0 Å². The first-order valence-electron chi connectivity index (χ1n) is 14.6. The molecule has 20 nitrogen and oxygen atoms in total. The molecule has 4 N–H and O–H groups in total. The van der Waals surface area contributed by atoms with Crippen LogP contribution in [-0.4, -0.2) is 119 Å². The second-order valence-electron chi connectivity index (χ2n) is 10.4. The van der Waals surface area contributed by atoms with E-state index < -0.39 is 54.7 Å². The average molecular weight is 964 g/mol. The molecule has 2 atom stereocenters. The number of hydrogen-bond acceptors (Lipinski definition) is 18. The van der Waals surface area contributed by atoms with Gasteiger partial charge < -0.3 is 27.7 Å². The van der Waals surface area contributed by atoms with E-state index in [9.17, 15) is 66.0 Å². The van der Waals surface area contributed by atoms with Crippen molar-refractivity contribution in [3.8, 4) is 11.5 Å². The number of para-hydroxylation sites is 2. The predicted molar refractivity (Wildman–Crippen MR) is 194 cm³/mol. The smallest absolute Gasteiger partial charge is 0.716 e. The first-order valence-corrected chi connectivity index (χ1v) is 18.9. The zero-order valence-corrected chi connectivity index (χ0v) is 35.4. The largest absolute Gasteiger partial charge is 2.00 e. The molecule has 0 aliphatic heterocycles. The minimum Gasteiger partial charge on any atom is -0.716 e. The van der Waals surface area contributed by atoms with E-state index in [0.717, 1.165) is 23.9 Å². The third-order valence-electron chi connectivity index (χ3n) is 6.47. The Kier molecular flexibility index (Phi) is 19.0. The molecule has 25 heteroatoms. The maximum Gasteiger partial charge on any atom is 2.00 e. The molecule has 0 aliphatic carbocycles. The van der Waals surface area contributed by atoms with E-state index in [1.54, 1.807) is 12.1 Å². The first-order chi connectivity index (χ1) is 25.3. The number of carboxylic acids is 2. The monoisotopic (exact) mass is 964 g/mol. The number of rotatable bonds is 18. The summed E-state index contributed by atoms with van der Waals surface area (Å²) >= 11 is 1.65. The summed E-state index contributed by atoms with van der Waals surface area (Å²) in [6, 6.07) is 20.2. The Morgan fingerprint density at radius 1 is 0.618 bits per heavy atom. The summed E-state index contributed by atoms with van der Waals surface area (Å²) in [6.07, 6.45) is 0.0146. The molecular formula is C30H26BaN4O16S4. The second kappa shape index (κ2) is 22.1. The van der Waals surface area contributed by atoms with Gasteiger partial charge in [-0.25, -0.2) is 26.3 Å². The maximum atomic E-state index is 11.4. The molecule has 0 saturated carbocycles. The van der Waals surface area contributed by atoms with Crippen LogP contribution in [0.3, 0.4) is 0 Å². The van der Waals surface area contributed by atoms with Gasteiger partial charge >= 0.3 is 60.8 Å². The summed E-state index contributed by atoms with van der Waals surface area (Å²) in [5.41, 5.74) is 0.737. The van der Waals surface area contributed by atoms with Gasteiger partial charge in [0.1, 0.15) is 33.4 Å². The Morgan fingerprint density at radius 3 is 1.20 bits per heavy atom. The van der Waals surface area contributed by atoms with E-state index in [0.29, 0.717) is 11.1 Å². The van der Waals surface area contributed by atoms with Crippen LogP contribution in [0.5, 0.6) is 11.5 Å². The Balaban J connectivity index is 0.000000373. The third-order valence-corrected chi connectivity index (χ3v) is 9.19. The minimum atomic E-state index is -4.89. The third kappa shape index (κ3) is 17.3. The first kappa shape index (κ1) is 47.4. The number of aliphatic carboxylic acids is 2. The molecule has 0 aromatic heterocycles. The van der Waals surface area contributed by atoms with Crippen LogP contribution in [0.1, 0.15) is 11.1 Å². The van der Waals surface area contributed by atoms with E-state index in [4.69, 9.17) is 0 Å². The van der Waals surface area contributed by atoms with Crippen LogP contribution in [-0.2, 0) is 43.2 Å². The standard InChI is InChI=1S/2C15H14N2O8S2.Ba/c2*18-15(19)12(16-26-14-4-2-1-3-13(14)17(20)21)9-10-5-7-11(8-6-10)25-27(22,23)24;/h2*1-8,12,16H,9H2,(H,18,19)(H,22,23,24);/q;;+2/p-2/t2*12-;/m00./s1. The maximum absolute atomic E-state index is 11.4. The molecule has 4 rings (SSSR count). The van der Waals surface area contributed by atoms with Gasteiger partial charge in [0.25, 0.3) is 32.2 Å². The molecule has 288 valence electrons. The van der Waals surface area contributed by atoms with E-state index in [-0.39, 0.29) is 94.4 Å². The number of nitro benzene ring substituents is 2. The fourth-order valence-electron chi connectivity index (χ4n) is 4.09. The number of nitrogens with zero attached hydrogens (tertiary/aromatic N) is 2. The van der Waals surface area contributed by atoms with Gasteiger partial charge in [-0.1, -0.05) is 48.5 Å². The molecule has 4 aromatic rings. The van der Waals surface area contributed by atoms with Gasteiger partial charge in [0.05, 0.1) is 9.85 Å². The van der Waals surface area contributed by atoms with Gasteiger partial charge in [0, 0.05) is 12.1 Å². The molecule has 0 bridgehead atoms. The van der Waals surface area contributed by atoms with Gasteiger partial charge in [-0.15, -0.1) is 0 Å². The van der Waals surface area contributed by atoms with Crippen molar-refractivity contribution in [2.24, 2.45) is 0 Å². The van der Waals surface area contributed by atoms with Crippen molar-refractivity contribution < 1.29 is 64.0 Å². The molecule has 0 amide bonds. The number of carboxylic acid groups (broad SMARTS) is 2. The van der Waals surface area contributed by atoms with E-state index in [1.165, 1.54) is 84.9 Å². The molecule has 4 aromatic carbocycles.